The number of nitrogens with one attached hydrogen (secondary N) is 1. The van der Waals surface area contributed by atoms with E-state index in [1.807, 2.05) is 30.3 Å². The molecule has 0 saturated heterocycles. The Bertz CT molecular complexity index is 569. The lowest BCUT2D eigenvalue weighted by molar-refractivity contribution is -0.144. The van der Waals surface area contributed by atoms with Crippen LogP contribution in [0.3, 0.4) is 0 Å². The average Bonchev–Trinajstić information content (AvgIpc) is 2.49. The predicted octanol–water partition coefficient (Wildman–Crippen LogP) is 2.11. The minimum atomic E-state index is -0.990. The van der Waals surface area contributed by atoms with Crippen LogP contribution in [-0.2, 0) is 22.7 Å². The molecule has 5 nitrogen and oxygen atoms in total. The molecule has 2 aromatic rings. The first-order valence-corrected chi connectivity index (χ1v) is 6.57. The summed E-state index contributed by atoms with van der Waals surface area (Å²) in [5, 5.41) is 18.4. The largest absolute Gasteiger partial charge is 0.508 e. The van der Waals surface area contributed by atoms with Gasteiger partial charge in [-0.3, -0.25) is 9.63 Å². The van der Waals surface area contributed by atoms with Gasteiger partial charge < -0.3 is 10.2 Å². The lowest BCUT2D eigenvalue weighted by Gasteiger charge is -2.14. The second-order valence-electron chi connectivity index (χ2n) is 4.65. The van der Waals surface area contributed by atoms with E-state index < -0.39 is 12.0 Å². The van der Waals surface area contributed by atoms with E-state index in [4.69, 9.17) is 4.84 Å². The van der Waals surface area contributed by atoms with Crippen molar-refractivity contribution in [3.05, 3.63) is 65.7 Å². The summed E-state index contributed by atoms with van der Waals surface area (Å²) in [6.45, 7) is 0.292. The molecular weight excluding hydrogens is 270 g/mol. The molecule has 2 rings (SSSR count). The van der Waals surface area contributed by atoms with Crippen LogP contribution in [0.1, 0.15) is 11.1 Å². The Hall–Kier alpha value is -2.37. The summed E-state index contributed by atoms with van der Waals surface area (Å²) >= 11 is 0. The zero-order valence-corrected chi connectivity index (χ0v) is 11.4. The van der Waals surface area contributed by atoms with Crippen LogP contribution in [0.4, 0.5) is 0 Å². The van der Waals surface area contributed by atoms with Crippen molar-refractivity contribution in [2.75, 3.05) is 0 Å². The van der Waals surface area contributed by atoms with Crippen LogP contribution in [0.2, 0.25) is 0 Å². The van der Waals surface area contributed by atoms with E-state index in [0.29, 0.717) is 6.61 Å². The molecule has 1 unspecified atom stereocenters. The Morgan fingerprint density at radius 1 is 1.05 bits per heavy atom. The number of aliphatic carboxylic acids is 1. The molecule has 0 aliphatic carbocycles. The standard InChI is InChI=1S/C16H17NO4/c18-14-8-6-12(7-9-14)10-15(16(19)20)17-21-11-13-4-2-1-3-5-13/h1-9,15,17-18H,10-11H2,(H,19,20). The van der Waals surface area contributed by atoms with E-state index in [2.05, 4.69) is 5.48 Å². The van der Waals surface area contributed by atoms with Crippen LogP contribution in [0.25, 0.3) is 0 Å². The molecule has 5 heteroatoms. The van der Waals surface area contributed by atoms with Gasteiger partial charge in [0.15, 0.2) is 0 Å². The average molecular weight is 287 g/mol. The summed E-state index contributed by atoms with van der Waals surface area (Å²) in [6, 6.07) is 15.1. The van der Waals surface area contributed by atoms with Gasteiger partial charge in [-0.25, -0.2) is 0 Å². The first-order valence-electron chi connectivity index (χ1n) is 6.57. The second kappa shape index (κ2) is 7.42. The molecule has 3 N–H and O–H groups in total. The summed E-state index contributed by atoms with van der Waals surface area (Å²) in [5.74, 6) is -0.838. The van der Waals surface area contributed by atoms with Crippen LogP contribution in [0.5, 0.6) is 5.75 Å². The van der Waals surface area contributed by atoms with Gasteiger partial charge in [0.05, 0.1) is 6.61 Å². The fraction of sp³-hybridized carbons (Fsp3) is 0.188. The molecule has 21 heavy (non-hydrogen) atoms. The minimum absolute atomic E-state index is 0.152. The van der Waals surface area contributed by atoms with Crippen molar-refractivity contribution < 1.29 is 19.8 Å². The number of aromatic hydroxyl groups is 1. The second-order valence-corrected chi connectivity index (χ2v) is 4.65. The highest BCUT2D eigenvalue weighted by Gasteiger charge is 2.17. The normalized spacial score (nSPS) is 12.0. The number of carboxylic acid groups (broad SMARTS) is 1. The molecule has 110 valence electrons. The van der Waals surface area contributed by atoms with Crippen LogP contribution >= 0.6 is 0 Å². The van der Waals surface area contributed by atoms with Crippen LogP contribution < -0.4 is 5.48 Å². The number of carbonyl (C=O) groups is 1. The van der Waals surface area contributed by atoms with E-state index >= 15 is 0 Å². The van der Waals surface area contributed by atoms with Crippen LogP contribution in [-0.4, -0.2) is 22.2 Å². The number of benzene rings is 2. The van der Waals surface area contributed by atoms with Crippen molar-refractivity contribution in [3.8, 4) is 5.75 Å². The maximum atomic E-state index is 11.2. The monoisotopic (exact) mass is 287 g/mol. The molecule has 0 saturated carbocycles. The number of hydrogen-bond acceptors (Lipinski definition) is 4. The van der Waals surface area contributed by atoms with Crippen molar-refractivity contribution >= 4 is 5.97 Å². The number of hydroxylamine groups is 1. The summed E-state index contributed by atoms with van der Waals surface area (Å²) in [4.78, 5) is 16.5. The van der Waals surface area contributed by atoms with Crippen molar-refractivity contribution in [1.29, 1.82) is 0 Å². The summed E-state index contributed by atoms with van der Waals surface area (Å²) in [7, 11) is 0. The van der Waals surface area contributed by atoms with E-state index in [1.165, 1.54) is 12.1 Å². The molecule has 0 spiro atoms. The van der Waals surface area contributed by atoms with Gasteiger partial charge in [-0.1, -0.05) is 42.5 Å². The molecule has 1 atom stereocenters. The van der Waals surface area contributed by atoms with Gasteiger partial charge in [-0.05, 0) is 23.3 Å². The number of hydrogen-bond donors (Lipinski definition) is 3. The summed E-state index contributed by atoms with van der Waals surface area (Å²) in [5.41, 5.74) is 4.33. The fourth-order valence-electron chi connectivity index (χ4n) is 1.85. The lowest BCUT2D eigenvalue weighted by Crippen LogP contribution is -2.38. The molecule has 2 aromatic carbocycles. The third kappa shape index (κ3) is 4.91. The molecule has 0 aliphatic heterocycles. The van der Waals surface area contributed by atoms with Gasteiger partial charge in [0.2, 0.25) is 0 Å². The SMILES string of the molecule is O=C(O)C(Cc1ccc(O)cc1)NOCc1ccccc1. The minimum Gasteiger partial charge on any atom is -0.508 e. The van der Waals surface area contributed by atoms with Crippen molar-refractivity contribution in [1.82, 2.24) is 5.48 Å². The molecule has 0 radical (unpaired) electrons. The van der Waals surface area contributed by atoms with Gasteiger partial charge in [0.1, 0.15) is 11.8 Å². The number of phenolic OH excluding ortho intramolecular Hbond substituents is 1. The molecule has 0 aliphatic rings. The predicted molar refractivity (Wildman–Crippen MR) is 77.6 cm³/mol. The Labute approximate surface area is 122 Å². The topological polar surface area (TPSA) is 78.8 Å². The van der Waals surface area contributed by atoms with Gasteiger partial charge in [-0.15, -0.1) is 0 Å². The zero-order chi connectivity index (χ0) is 15.1. The number of rotatable bonds is 7. The molecule has 0 aromatic heterocycles. The lowest BCUT2D eigenvalue weighted by atomic mass is 10.1. The van der Waals surface area contributed by atoms with Crippen LogP contribution in [0, 0.1) is 0 Å². The molecule has 0 amide bonds. The van der Waals surface area contributed by atoms with Crippen molar-refractivity contribution in [2.24, 2.45) is 0 Å². The molecule has 0 heterocycles. The van der Waals surface area contributed by atoms with Crippen LogP contribution in [0.15, 0.2) is 54.6 Å². The first kappa shape index (κ1) is 15.0. The maximum Gasteiger partial charge on any atom is 0.323 e. The third-order valence-corrected chi connectivity index (χ3v) is 2.98. The Balaban J connectivity index is 1.87. The highest BCUT2D eigenvalue weighted by atomic mass is 16.6. The first-order chi connectivity index (χ1) is 10.1. The fourth-order valence-corrected chi connectivity index (χ4v) is 1.85. The van der Waals surface area contributed by atoms with Gasteiger partial charge in [-0.2, -0.15) is 5.48 Å². The van der Waals surface area contributed by atoms with Gasteiger partial charge >= 0.3 is 5.97 Å². The van der Waals surface area contributed by atoms with E-state index in [-0.39, 0.29) is 12.2 Å². The summed E-state index contributed by atoms with van der Waals surface area (Å²) < 4.78 is 0. The number of phenols is 1. The highest BCUT2D eigenvalue weighted by molar-refractivity contribution is 5.73. The zero-order valence-electron chi connectivity index (χ0n) is 11.4. The van der Waals surface area contributed by atoms with E-state index in [0.717, 1.165) is 11.1 Å². The molecular formula is C16H17NO4. The maximum absolute atomic E-state index is 11.2. The van der Waals surface area contributed by atoms with Crippen molar-refractivity contribution in [3.63, 3.8) is 0 Å². The smallest absolute Gasteiger partial charge is 0.323 e. The Morgan fingerprint density at radius 2 is 1.71 bits per heavy atom. The quantitative estimate of drug-likeness (QED) is 0.680. The third-order valence-electron chi connectivity index (χ3n) is 2.98. The summed E-state index contributed by atoms with van der Waals surface area (Å²) in [6.07, 6.45) is 0.268. The van der Waals surface area contributed by atoms with E-state index in [9.17, 15) is 15.0 Å². The Morgan fingerprint density at radius 3 is 2.33 bits per heavy atom. The molecule has 0 bridgehead atoms. The molecule has 0 fully saturated rings. The van der Waals surface area contributed by atoms with Gasteiger partial charge in [0.25, 0.3) is 0 Å². The van der Waals surface area contributed by atoms with Crippen molar-refractivity contribution in [2.45, 2.75) is 19.1 Å². The van der Waals surface area contributed by atoms with Gasteiger partial charge in [0, 0.05) is 6.42 Å². The number of carboxylic acids is 1. The van der Waals surface area contributed by atoms with E-state index in [1.54, 1.807) is 12.1 Å². The Kier molecular flexibility index (Phi) is 5.31. The highest BCUT2D eigenvalue weighted by Crippen LogP contribution is 2.11.